The lowest BCUT2D eigenvalue weighted by molar-refractivity contribution is 0.0513. The van der Waals surface area contributed by atoms with Gasteiger partial charge in [-0.15, -0.1) is 0 Å². The summed E-state index contributed by atoms with van der Waals surface area (Å²) < 4.78 is 21.4. The second-order valence-corrected chi connectivity index (χ2v) is 11.0. The van der Waals surface area contributed by atoms with E-state index in [0.717, 1.165) is 55.4 Å². The lowest BCUT2D eigenvalue weighted by Crippen LogP contribution is -2.17. The topological polar surface area (TPSA) is 87.7 Å². The number of fused-ring (bicyclic) bond motifs is 3. The monoisotopic (exact) mass is 587 g/mol. The SMILES string of the molecule is CCOC(=O)c1c(C)c2c(-c3c(CO)nn4c3COCC4)c(Cl)ccc2n1CCCOc1cc(C)cc2ccccc12. The van der Waals surface area contributed by atoms with Gasteiger partial charge in [0.1, 0.15) is 11.4 Å². The van der Waals surface area contributed by atoms with Gasteiger partial charge in [0.15, 0.2) is 0 Å². The molecule has 0 fully saturated rings. The summed E-state index contributed by atoms with van der Waals surface area (Å²) in [5, 5.41) is 18.5. The van der Waals surface area contributed by atoms with Crippen molar-refractivity contribution in [2.45, 2.75) is 53.5 Å². The van der Waals surface area contributed by atoms with Crippen LogP contribution in [-0.2, 0) is 35.8 Å². The van der Waals surface area contributed by atoms with Crippen molar-refractivity contribution in [3.8, 4) is 16.9 Å². The second-order valence-electron chi connectivity index (χ2n) is 10.6. The Balaban J connectivity index is 1.40. The first-order chi connectivity index (χ1) is 20.4. The van der Waals surface area contributed by atoms with Crippen molar-refractivity contribution in [1.82, 2.24) is 14.3 Å². The molecule has 9 heteroatoms. The zero-order valence-corrected chi connectivity index (χ0v) is 24.8. The zero-order chi connectivity index (χ0) is 29.4. The Morgan fingerprint density at radius 2 is 1.98 bits per heavy atom. The van der Waals surface area contributed by atoms with E-state index < -0.39 is 0 Å². The molecule has 0 atom stereocenters. The van der Waals surface area contributed by atoms with Gasteiger partial charge in [-0.1, -0.05) is 41.9 Å². The van der Waals surface area contributed by atoms with Crippen LogP contribution in [0, 0.1) is 13.8 Å². The summed E-state index contributed by atoms with van der Waals surface area (Å²) >= 11 is 6.89. The van der Waals surface area contributed by atoms with E-state index in [2.05, 4.69) is 36.3 Å². The average molecular weight is 588 g/mol. The van der Waals surface area contributed by atoms with Gasteiger partial charge in [0.05, 0.1) is 51.0 Å². The summed E-state index contributed by atoms with van der Waals surface area (Å²) in [5.41, 5.74) is 6.16. The van der Waals surface area contributed by atoms with Crippen molar-refractivity contribution in [2.75, 3.05) is 19.8 Å². The summed E-state index contributed by atoms with van der Waals surface area (Å²) in [6.07, 6.45) is 0.661. The third-order valence-electron chi connectivity index (χ3n) is 7.86. The van der Waals surface area contributed by atoms with Crippen molar-refractivity contribution in [2.24, 2.45) is 0 Å². The Morgan fingerprint density at radius 1 is 1.14 bits per heavy atom. The van der Waals surface area contributed by atoms with E-state index in [9.17, 15) is 9.90 Å². The van der Waals surface area contributed by atoms with Crippen LogP contribution in [0.4, 0.5) is 0 Å². The van der Waals surface area contributed by atoms with Crippen molar-refractivity contribution in [3.63, 3.8) is 0 Å². The number of halogens is 1. The number of carbonyl (C=O) groups is 1. The highest BCUT2D eigenvalue weighted by atomic mass is 35.5. The lowest BCUT2D eigenvalue weighted by Gasteiger charge is -2.17. The Hall–Kier alpha value is -3.85. The normalized spacial score (nSPS) is 13.1. The quantitative estimate of drug-likeness (QED) is 0.154. The predicted molar refractivity (Wildman–Crippen MR) is 163 cm³/mol. The Morgan fingerprint density at radius 3 is 2.79 bits per heavy atom. The Bertz CT molecular complexity index is 1810. The van der Waals surface area contributed by atoms with Crippen LogP contribution in [0.25, 0.3) is 32.8 Å². The molecule has 1 aliphatic rings. The number of esters is 1. The van der Waals surface area contributed by atoms with Gasteiger partial charge in [-0.05, 0) is 61.9 Å². The van der Waals surface area contributed by atoms with E-state index in [-0.39, 0.29) is 19.2 Å². The molecule has 1 aliphatic heterocycles. The zero-order valence-electron chi connectivity index (χ0n) is 24.1. The fourth-order valence-electron chi connectivity index (χ4n) is 6.10. The maximum absolute atomic E-state index is 13.3. The third kappa shape index (κ3) is 4.93. The second kappa shape index (κ2) is 11.8. The molecule has 0 radical (unpaired) electrons. The summed E-state index contributed by atoms with van der Waals surface area (Å²) in [5.74, 6) is 0.463. The first-order valence-corrected chi connectivity index (χ1v) is 14.7. The number of aromatic nitrogens is 3. The summed E-state index contributed by atoms with van der Waals surface area (Å²) in [6, 6.07) is 16.2. The summed E-state index contributed by atoms with van der Waals surface area (Å²) in [6.45, 7) is 8.33. The predicted octanol–water partition coefficient (Wildman–Crippen LogP) is 6.60. The third-order valence-corrected chi connectivity index (χ3v) is 8.18. The maximum Gasteiger partial charge on any atom is 0.355 e. The molecule has 0 saturated carbocycles. The van der Waals surface area contributed by atoms with E-state index in [1.165, 1.54) is 0 Å². The van der Waals surface area contributed by atoms with Crippen molar-refractivity contribution < 1.29 is 24.1 Å². The van der Waals surface area contributed by atoms with Crippen LogP contribution in [-0.4, -0.2) is 45.2 Å². The highest BCUT2D eigenvalue weighted by Gasteiger charge is 2.29. The number of benzene rings is 3. The molecule has 1 N–H and O–H groups in total. The van der Waals surface area contributed by atoms with Crippen LogP contribution in [0.2, 0.25) is 5.02 Å². The number of hydrogen-bond donors (Lipinski definition) is 1. The molecular weight excluding hydrogens is 554 g/mol. The van der Waals surface area contributed by atoms with Crippen LogP contribution < -0.4 is 4.74 Å². The van der Waals surface area contributed by atoms with Gasteiger partial charge < -0.3 is 23.9 Å². The van der Waals surface area contributed by atoms with Gasteiger partial charge in [-0.2, -0.15) is 5.10 Å². The molecule has 0 unspecified atom stereocenters. The highest BCUT2D eigenvalue weighted by molar-refractivity contribution is 6.35. The van der Waals surface area contributed by atoms with Gasteiger partial charge in [-0.25, -0.2) is 4.79 Å². The van der Waals surface area contributed by atoms with Gasteiger partial charge >= 0.3 is 5.97 Å². The Kier molecular flexibility index (Phi) is 7.94. The number of aliphatic hydroxyl groups excluding tert-OH is 1. The minimum atomic E-state index is -0.387. The van der Waals surface area contributed by atoms with E-state index in [1.807, 2.05) is 40.4 Å². The fraction of sp³-hybridized carbons (Fsp3) is 0.333. The number of hydrogen-bond acceptors (Lipinski definition) is 6. The number of aryl methyl sites for hydroxylation is 3. The molecule has 0 bridgehead atoms. The van der Waals surface area contributed by atoms with Gasteiger partial charge in [0.2, 0.25) is 0 Å². The largest absolute Gasteiger partial charge is 0.493 e. The minimum Gasteiger partial charge on any atom is -0.493 e. The molecule has 5 aromatic rings. The first kappa shape index (κ1) is 28.3. The molecule has 6 rings (SSSR count). The Labute approximate surface area is 249 Å². The van der Waals surface area contributed by atoms with Gasteiger partial charge in [0, 0.05) is 39.0 Å². The van der Waals surface area contributed by atoms with E-state index >= 15 is 0 Å². The van der Waals surface area contributed by atoms with Crippen LogP contribution in [0.3, 0.4) is 0 Å². The highest BCUT2D eigenvalue weighted by Crippen LogP contribution is 2.43. The molecule has 8 nitrogen and oxygen atoms in total. The van der Waals surface area contributed by atoms with Crippen molar-refractivity contribution in [3.05, 3.63) is 81.8 Å². The molecule has 0 amide bonds. The molecule has 218 valence electrons. The maximum atomic E-state index is 13.3. The summed E-state index contributed by atoms with van der Waals surface area (Å²) in [7, 11) is 0. The van der Waals surface area contributed by atoms with Crippen LogP contribution in [0.5, 0.6) is 5.75 Å². The number of nitrogens with zero attached hydrogens (tertiary/aromatic N) is 3. The van der Waals surface area contributed by atoms with Gasteiger partial charge in [-0.3, -0.25) is 4.68 Å². The van der Waals surface area contributed by atoms with E-state index in [4.69, 9.17) is 25.8 Å². The van der Waals surface area contributed by atoms with Crippen LogP contribution >= 0.6 is 11.6 Å². The van der Waals surface area contributed by atoms with E-state index in [0.29, 0.717) is 55.7 Å². The number of aliphatic hydroxyl groups is 1. The minimum absolute atomic E-state index is 0.239. The summed E-state index contributed by atoms with van der Waals surface area (Å²) in [4.78, 5) is 13.3. The number of carbonyl (C=O) groups excluding carboxylic acids is 1. The molecular formula is C33H34ClN3O5. The molecule has 3 aromatic carbocycles. The van der Waals surface area contributed by atoms with Crippen molar-refractivity contribution >= 4 is 39.2 Å². The average Bonchev–Trinajstić information content (AvgIpc) is 3.50. The lowest BCUT2D eigenvalue weighted by atomic mass is 9.96. The molecule has 2 aromatic heterocycles. The van der Waals surface area contributed by atoms with Crippen molar-refractivity contribution in [1.29, 1.82) is 0 Å². The molecule has 42 heavy (non-hydrogen) atoms. The molecule has 3 heterocycles. The standard InChI is InChI=1S/C33H34ClN3O5/c1-4-41-33(39)32-21(3)29-26(11-10-24(34)30(29)31-25(18-38)35-37-13-15-40-19-27(31)37)36(32)12-7-14-42-28-17-20(2)16-22-8-5-6-9-23(22)28/h5-6,8-11,16-17,38H,4,7,12-15,18-19H2,1-3H3. The first-order valence-electron chi connectivity index (χ1n) is 14.3. The molecule has 0 saturated heterocycles. The number of ether oxygens (including phenoxy) is 3. The fourth-order valence-corrected chi connectivity index (χ4v) is 6.35. The number of rotatable bonds is 9. The van der Waals surface area contributed by atoms with Gasteiger partial charge in [0.25, 0.3) is 0 Å². The smallest absolute Gasteiger partial charge is 0.355 e. The van der Waals surface area contributed by atoms with Crippen LogP contribution in [0.1, 0.15) is 46.3 Å². The van der Waals surface area contributed by atoms with Crippen LogP contribution in [0.15, 0.2) is 48.5 Å². The molecule has 0 spiro atoms. The molecule has 0 aliphatic carbocycles. The van der Waals surface area contributed by atoms with E-state index in [1.54, 1.807) is 6.92 Å².